The van der Waals surface area contributed by atoms with Gasteiger partial charge in [-0.05, 0) is 12.3 Å². The Hall–Kier alpha value is 0.650. The highest BCUT2D eigenvalue weighted by atomic mass is 127. The molecule has 1 saturated heterocycles. The minimum absolute atomic E-state index is 0.399. The van der Waals surface area contributed by atoms with Crippen molar-refractivity contribution >= 4 is 22.9 Å². The first-order valence-corrected chi connectivity index (χ1v) is 4.33. The summed E-state index contributed by atoms with van der Waals surface area (Å²) in [6.07, 6.45) is 1.25. The smallest absolute Gasteiger partial charge is 0.0235 e. The molecule has 1 heterocycles. The van der Waals surface area contributed by atoms with Crippen LogP contribution in [0.5, 0.6) is 0 Å². The Labute approximate surface area is 70.3 Å². The maximum atomic E-state index is 5.82. The third kappa shape index (κ3) is 2.05. The molecular formula is C6H13IN2. The number of nitrogens with two attached hydrogens (primary N) is 1. The molecule has 3 heteroatoms. The molecule has 0 spiro atoms. The fraction of sp³-hybridized carbons (Fsp3) is 1.00. The lowest BCUT2D eigenvalue weighted by atomic mass is 9.96. The van der Waals surface area contributed by atoms with E-state index in [2.05, 4.69) is 32.9 Å². The first-order valence-electron chi connectivity index (χ1n) is 3.36. The van der Waals surface area contributed by atoms with Gasteiger partial charge in [-0.1, -0.05) is 6.92 Å². The number of hydrogen-bond donors (Lipinski definition) is 1. The molecule has 1 aliphatic heterocycles. The molecule has 0 aliphatic carbocycles. The summed E-state index contributed by atoms with van der Waals surface area (Å²) in [5.74, 6) is 0.719. The molecule has 2 nitrogen and oxygen atoms in total. The summed E-state index contributed by atoms with van der Waals surface area (Å²) >= 11 is 2.34. The van der Waals surface area contributed by atoms with Crippen LogP contribution >= 0.6 is 22.9 Å². The molecule has 1 fully saturated rings. The first-order chi connectivity index (χ1) is 4.20. The zero-order valence-corrected chi connectivity index (χ0v) is 7.84. The number of hydrogen-bond acceptors (Lipinski definition) is 2. The summed E-state index contributed by atoms with van der Waals surface area (Å²) in [5, 5.41) is 0. The molecule has 0 aromatic carbocycles. The van der Waals surface area contributed by atoms with Crippen LogP contribution in [0.4, 0.5) is 0 Å². The van der Waals surface area contributed by atoms with E-state index in [1.165, 1.54) is 13.0 Å². The quantitative estimate of drug-likeness (QED) is 0.505. The predicted molar refractivity (Wildman–Crippen MR) is 47.3 cm³/mol. The molecule has 9 heavy (non-hydrogen) atoms. The lowest BCUT2D eigenvalue weighted by molar-refractivity contribution is 0.285. The van der Waals surface area contributed by atoms with Gasteiger partial charge in [-0.3, -0.25) is 0 Å². The van der Waals surface area contributed by atoms with E-state index in [1.54, 1.807) is 0 Å². The van der Waals surface area contributed by atoms with Crippen molar-refractivity contribution in [3.63, 3.8) is 0 Å². The molecule has 2 atom stereocenters. The maximum absolute atomic E-state index is 5.82. The lowest BCUT2D eigenvalue weighted by Gasteiger charge is -2.30. The monoisotopic (exact) mass is 240 g/mol. The van der Waals surface area contributed by atoms with Gasteiger partial charge < -0.3 is 5.73 Å². The van der Waals surface area contributed by atoms with Crippen molar-refractivity contribution in [2.45, 2.75) is 19.4 Å². The molecule has 0 aromatic rings. The van der Waals surface area contributed by atoms with Crippen LogP contribution in [0.25, 0.3) is 0 Å². The minimum atomic E-state index is 0.399. The van der Waals surface area contributed by atoms with E-state index in [0.29, 0.717) is 6.04 Å². The van der Waals surface area contributed by atoms with Gasteiger partial charge in [-0.25, -0.2) is 3.11 Å². The number of nitrogens with zero attached hydrogens (tertiary/aromatic N) is 1. The molecule has 0 bridgehead atoms. The lowest BCUT2D eigenvalue weighted by Crippen LogP contribution is -2.43. The van der Waals surface area contributed by atoms with Crippen molar-refractivity contribution in [2.75, 3.05) is 13.1 Å². The fourth-order valence-electron chi connectivity index (χ4n) is 1.06. The summed E-state index contributed by atoms with van der Waals surface area (Å²) in [7, 11) is 0. The normalized spacial score (nSPS) is 39.0. The second-order valence-electron chi connectivity index (χ2n) is 2.80. The zero-order valence-electron chi connectivity index (χ0n) is 5.68. The average molecular weight is 240 g/mol. The van der Waals surface area contributed by atoms with E-state index in [1.807, 2.05) is 0 Å². The predicted octanol–water partition coefficient (Wildman–Crippen LogP) is 1.01. The van der Waals surface area contributed by atoms with Gasteiger partial charge in [0.25, 0.3) is 0 Å². The van der Waals surface area contributed by atoms with Crippen molar-refractivity contribution in [3.05, 3.63) is 0 Å². The Morgan fingerprint density at radius 2 is 2.33 bits per heavy atom. The van der Waals surface area contributed by atoms with E-state index < -0.39 is 0 Å². The SMILES string of the molecule is C[C@@H]1CCN(I)C[C@H]1N. The van der Waals surface area contributed by atoms with Crippen molar-refractivity contribution in [1.82, 2.24) is 3.11 Å². The molecule has 2 N–H and O–H groups in total. The van der Waals surface area contributed by atoms with Gasteiger partial charge in [0.15, 0.2) is 0 Å². The van der Waals surface area contributed by atoms with E-state index in [0.717, 1.165) is 12.5 Å². The molecule has 0 aromatic heterocycles. The minimum Gasteiger partial charge on any atom is -0.326 e. The second kappa shape index (κ2) is 3.16. The highest BCUT2D eigenvalue weighted by Gasteiger charge is 2.20. The van der Waals surface area contributed by atoms with Crippen LogP contribution in [0.2, 0.25) is 0 Å². The van der Waals surface area contributed by atoms with Gasteiger partial charge in [0.2, 0.25) is 0 Å². The second-order valence-corrected chi connectivity index (χ2v) is 4.16. The summed E-state index contributed by atoms with van der Waals surface area (Å²) in [6, 6.07) is 0.399. The Morgan fingerprint density at radius 1 is 1.67 bits per heavy atom. The van der Waals surface area contributed by atoms with Crippen LogP contribution in [0.3, 0.4) is 0 Å². The van der Waals surface area contributed by atoms with Crippen molar-refractivity contribution in [3.8, 4) is 0 Å². The zero-order chi connectivity index (χ0) is 6.85. The Bertz CT molecular complexity index is 97.1. The molecule has 0 unspecified atom stereocenters. The summed E-state index contributed by atoms with van der Waals surface area (Å²) in [6.45, 7) is 4.49. The Morgan fingerprint density at radius 3 is 2.78 bits per heavy atom. The fourth-order valence-corrected chi connectivity index (χ4v) is 1.79. The van der Waals surface area contributed by atoms with Crippen LogP contribution in [0.15, 0.2) is 0 Å². The molecule has 54 valence electrons. The van der Waals surface area contributed by atoms with E-state index in [9.17, 15) is 0 Å². The van der Waals surface area contributed by atoms with E-state index in [4.69, 9.17) is 5.73 Å². The first kappa shape index (κ1) is 7.75. The molecule has 1 rings (SSSR count). The Kier molecular flexibility index (Phi) is 2.73. The van der Waals surface area contributed by atoms with Crippen LogP contribution in [0, 0.1) is 5.92 Å². The third-order valence-electron chi connectivity index (χ3n) is 1.97. The van der Waals surface area contributed by atoms with Crippen LogP contribution < -0.4 is 5.73 Å². The third-order valence-corrected chi connectivity index (χ3v) is 2.84. The topological polar surface area (TPSA) is 29.3 Å². The van der Waals surface area contributed by atoms with Gasteiger partial charge in [0, 0.05) is 42.0 Å². The van der Waals surface area contributed by atoms with Gasteiger partial charge in [0.1, 0.15) is 0 Å². The van der Waals surface area contributed by atoms with Crippen LogP contribution in [-0.4, -0.2) is 22.2 Å². The maximum Gasteiger partial charge on any atom is 0.0235 e. The molecular weight excluding hydrogens is 227 g/mol. The molecule has 0 saturated carbocycles. The average Bonchev–Trinajstić information content (AvgIpc) is 1.80. The number of halogens is 1. The number of rotatable bonds is 0. The van der Waals surface area contributed by atoms with Gasteiger partial charge in [0.05, 0.1) is 0 Å². The Balaban J connectivity index is 2.35. The summed E-state index contributed by atoms with van der Waals surface area (Å²) < 4.78 is 2.27. The van der Waals surface area contributed by atoms with Gasteiger partial charge >= 0.3 is 0 Å². The number of piperidine rings is 1. The largest absolute Gasteiger partial charge is 0.326 e. The van der Waals surface area contributed by atoms with Crippen molar-refractivity contribution < 1.29 is 0 Å². The molecule has 0 radical (unpaired) electrons. The van der Waals surface area contributed by atoms with E-state index >= 15 is 0 Å². The standard InChI is InChI=1S/C6H13IN2/c1-5-2-3-9(7)4-6(5)8/h5-6H,2-4,8H2,1H3/t5-,6-/m1/s1. The highest BCUT2D eigenvalue weighted by molar-refractivity contribution is 14.1. The van der Waals surface area contributed by atoms with Crippen molar-refractivity contribution in [2.24, 2.45) is 11.7 Å². The molecule has 1 aliphatic rings. The summed E-state index contributed by atoms with van der Waals surface area (Å²) in [5.41, 5.74) is 5.82. The molecule has 0 amide bonds. The van der Waals surface area contributed by atoms with Gasteiger partial charge in [-0.2, -0.15) is 0 Å². The van der Waals surface area contributed by atoms with Crippen molar-refractivity contribution in [1.29, 1.82) is 0 Å². The van der Waals surface area contributed by atoms with Crippen LogP contribution in [-0.2, 0) is 0 Å². The van der Waals surface area contributed by atoms with Crippen LogP contribution in [0.1, 0.15) is 13.3 Å². The highest BCUT2D eigenvalue weighted by Crippen LogP contribution is 2.17. The van der Waals surface area contributed by atoms with E-state index in [-0.39, 0.29) is 0 Å². The van der Waals surface area contributed by atoms with Gasteiger partial charge in [-0.15, -0.1) is 0 Å². The summed E-state index contributed by atoms with van der Waals surface area (Å²) in [4.78, 5) is 0.